The molecule has 146 valence electrons. The SMILES string of the molecule is COc1n[nH]c2ncc(NC(=O)c3cccc(OCc4ccccc4)c3C)cc12. The van der Waals surface area contributed by atoms with Crippen LogP contribution in [0, 0.1) is 6.92 Å². The minimum Gasteiger partial charge on any atom is -0.489 e. The Labute approximate surface area is 167 Å². The van der Waals surface area contributed by atoms with E-state index in [-0.39, 0.29) is 5.91 Å². The lowest BCUT2D eigenvalue weighted by molar-refractivity contribution is 0.102. The summed E-state index contributed by atoms with van der Waals surface area (Å²) in [6, 6.07) is 17.1. The van der Waals surface area contributed by atoms with Crippen molar-refractivity contribution in [2.75, 3.05) is 12.4 Å². The van der Waals surface area contributed by atoms with Gasteiger partial charge in [0.1, 0.15) is 12.4 Å². The number of aromatic nitrogens is 3. The number of hydrogen-bond donors (Lipinski definition) is 2. The molecule has 7 heteroatoms. The maximum Gasteiger partial charge on any atom is 0.256 e. The standard InChI is InChI=1S/C22H20N4O3/c1-14-17(9-6-10-19(14)29-13-15-7-4-3-5-8-15)21(27)24-16-11-18-20(23-12-16)25-26-22(18)28-2/h3-12H,13H2,1-2H3,(H,24,27)(H,23,25,26). The summed E-state index contributed by atoms with van der Waals surface area (Å²) in [5.41, 5.74) is 3.52. The number of nitrogens with zero attached hydrogens (tertiary/aromatic N) is 2. The van der Waals surface area contributed by atoms with E-state index in [2.05, 4.69) is 20.5 Å². The van der Waals surface area contributed by atoms with Gasteiger partial charge in [0, 0.05) is 11.1 Å². The first kappa shape index (κ1) is 18.5. The van der Waals surface area contributed by atoms with Crippen molar-refractivity contribution in [3.8, 4) is 11.6 Å². The molecule has 7 nitrogen and oxygen atoms in total. The van der Waals surface area contributed by atoms with Crippen LogP contribution in [0.5, 0.6) is 11.6 Å². The van der Waals surface area contributed by atoms with Crippen molar-refractivity contribution in [2.45, 2.75) is 13.5 Å². The van der Waals surface area contributed by atoms with Gasteiger partial charge in [0.2, 0.25) is 5.88 Å². The van der Waals surface area contributed by atoms with Crippen molar-refractivity contribution in [1.29, 1.82) is 0 Å². The van der Waals surface area contributed by atoms with E-state index < -0.39 is 0 Å². The predicted molar refractivity (Wildman–Crippen MR) is 110 cm³/mol. The lowest BCUT2D eigenvalue weighted by Crippen LogP contribution is -2.14. The van der Waals surface area contributed by atoms with Crippen LogP contribution in [-0.4, -0.2) is 28.2 Å². The Morgan fingerprint density at radius 3 is 2.76 bits per heavy atom. The highest BCUT2D eigenvalue weighted by Gasteiger charge is 2.14. The normalized spacial score (nSPS) is 10.7. The number of hydrogen-bond acceptors (Lipinski definition) is 5. The summed E-state index contributed by atoms with van der Waals surface area (Å²) in [6.07, 6.45) is 1.57. The average molecular weight is 388 g/mol. The Morgan fingerprint density at radius 2 is 1.97 bits per heavy atom. The molecule has 0 radical (unpaired) electrons. The summed E-state index contributed by atoms with van der Waals surface area (Å²) in [6.45, 7) is 2.31. The molecule has 0 spiro atoms. The van der Waals surface area contributed by atoms with E-state index in [9.17, 15) is 4.79 Å². The van der Waals surface area contributed by atoms with Gasteiger partial charge in [0.05, 0.1) is 24.4 Å². The van der Waals surface area contributed by atoms with Crippen LogP contribution in [0.25, 0.3) is 11.0 Å². The fraction of sp³-hybridized carbons (Fsp3) is 0.136. The second-order valence-electron chi connectivity index (χ2n) is 6.51. The molecular formula is C22H20N4O3. The van der Waals surface area contributed by atoms with Gasteiger partial charge in [-0.2, -0.15) is 0 Å². The zero-order chi connectivity index (χ0) is 20.2. The Bertz CT molecular complexity index is 1160. The highest BCUT2D eigenvalue weighted by molar-refractivity contribution is 6.06. The van der Waals surface area contributed by atoms with Gasteiger partial charge in [-0.1, -0.05) is 36.4 Å². The van der Waals surface area contributed by atoms with E-state index in [1.165, 1.54) is 7.11 Å². The van der Waals surface area contributed by atoms with Gasteiger partial charge >= 0.3 is 0 Å². The van der Waals surface area contributed by atoms with Crippen LogP contribution in [0.2, 0.25) is 0 Å². The average Bonchev–Trinajstić information content (AvgIpc) is 3.16. The van der Waals surface area contributed by atoms with Crippen molar-refractivity contribution in [3.63, 3.8) is 0 Å². The summed E-state index contributed by atoms with van der Waals surface area (Å²) in [7, 11) is 1.53. The fourth-order valence-corrected chi connectivity index (χ4v) is 3.06. The molecule has 2 N–H and O–H groups in total. The second-order valence-corrected chi connectivity index (χ2v) is 6.51. The summed E-state index contributed by atoms with van der Waals surface area (Å²) < 4.78 is 11.1. The number of rotatable bonds is 6. The lowest BCUT2D eigenvalue weighted by atomic mass is 10.1. The number of nitrogens with one attached hydrogen (secondary N) is 2. The van der Waals surface area contributed by atoms with Gasteiger partial charge in [0.15, 0.2) is 5.65 Å². The number of H-pyrrole nitrogens is 1. The van der Waals surface area contributed by atoms with Crippen molar-refractivity contribution in [2.24, 2.45) is 0 Å². The number of carbonyl (C=O) groups is 1. The summed E-state index contributed by atoms with van der Waals surface area (Å²) >= 11 is 0. The van der Waals surface area contributed by atoms with Crippen LogP contribution in [0.4, 0.5) is 5.69 Å². The monoisotopic (exact) mass is 388 g/mol. The third-order valence-corrected chi connectivity index (χ3v) is 4.60. The predicted octanol–water partition coefficient (Wildman–Crippen LogP) is 4.11. The Balaban J connectivity index is 1.52. The van der Waals surface area contributed by atoms with Gasteiger partial charge in [-0.3, -0.25) is 9.89 Å². The summed E-state index contributed by atoms with van der Waals surface area (Å²) in [5, 5.41) is 10.4. The van der Waals surface area contributed by atoms with E-state index in [0.717, 1.165) is 11.1 Å². The summed E-state index contributed by atoms with van der Waals surface area (Å²) in [4.78, 5) is 17.1. The van der Waals surface area contributed by atoms with Gasteiger partial charge in [-0.25, -0.2) is 4.98 Å². The largest absolute Gasteiger partial charge is 0.489 e. The highest BCUT2D eigenvalue weighted by atomic mass is 16.5. The number of anilines is 1. The number of ether oxygens (including phenoxy) is 2. The van der Waals surface area contributed by atoms with E-state index >= 15 is 0 Å². The number of carbonyl (C=O) groups excluding carboxylic acids is 1. The van der Waals surface area contributed by atoms with Crippen LogP contribution < -0.4 is 14.8 Å². The van der Waals surface area contributed by atoms with Gasteiger partial charge in [0.25, 0.3) is 5.91 Å². The third-order valence-electron chi connectivity index (χ3n) is 4.60. The molecule has 2 aromatic carbocycles. The Kier molecular flexibility index (Phi) is 5.11. The first-order chi connectivity index (χ1) is 14.2. The smallest absolute Gasteiger partial charge is 0.256 e. The molecule has 0 unspecified atom stereocenters. The van der Waals surface area contributed by atoms with Crippen LogP contribution in [0.15, 0.2) is 60.8 Å². The molecule has 0 saturated carbocycles. The number of methoxy groups -OCH3 is 1. The van der Waals surface area contributed by atoms with Crippen molar-refractivity contribution >= 4 is 22.6 Å². The molecule has 0 saturated heterocycles. The van der Waals surface area contributed by atoms with Crippen molar-refractivity contribution < 1.29 is 14.3 Å². The molecule has 1 amide bonds. The molecule has 0 aliphatic rings. The van der Waals surface area contributed by atoms with E-state index in [1.54, 1.807) is 18.3 Å². The molecule has 0 fully saturated rings. The van der Waals surface area contributed by atoms with Crippen LogP contribution >= 0.6 is 0 Å². The first-order valence-corrected chi connectivity index (χ1v) is 9.11. The lowest BCUT2D eigenvalue weighted by Gasteiger charge is -2.13. The molecule has 2 aromatic heterocycles. The van der Waals surface area contributed by atoms with Gasteiger partial charge in [-0.15, -0.1) is 5.10 Å². The highest BCUT2D eigenvalue weighted by Crippen LogP contribution is 2.26. The Hall–Kier alpha value is -3.87. The maximum absolute atomic E-state index is 12.8. The molecule has 4 rings (SSSR count). The second kappa shape index (κ2) is 8.02. The van der Waals surface area contributed by atoms with Crippen LogP contribution in [0.3, 0.4) is 0 Å². The minimum atomic E-state index is -0.240. The first-order valence-electron chi connectivity index (χ1n) is 9.11. The van der Waals surface area contributed by atoms with E-state index in [1.807, 2.05) is 49.4 Å². The quantitative estimate of drug-likeness (QED) is 0.519. The number of benzene rings is 2. The summed E-state index contributed by atoms with van der Waals surface area (Å²) in [5.74, 6) is 0.860. The zero-order valence-electron chi connectivity index (χ0n) is 16.1. The van der Waals surface area contributed by atoms with Gasteiger partial charge < -0.3 is 14.8 Å². The van der Waals surface area contributed by atoms with Crippen molar-refractivity contribution in [3.05, 3.63) is 77.5 Å². The maximum atomic E-state index is 12.8. The third kappa shape index (κ3) is 3.89. The molecule has 2 heterocycles. The molecule has 0 bridgehead atoms. The fourth-order valence-electron chi connectivity index (χ4n) is 3.06. The number of aromatic amines is 1. The molecule has 29 heavy (non-hydrogen) atoms. The van der Waals surface area contributed by atoms with Crippen molar-refractivity contribution in [1.82, 2.24) is 15.2 Å². The van der Waals surface area contributed by atoms with Crippen LogP contribution in [-0.2, 0) is 6.61 Å². The minimum absolute atomic E-state index is 0.240. The van der Waals surface area contributed by atoms with Crippen LogP contribution in [0.1, 0.15) is 21.5 Å². The molecule has 0 aliphatic heterocycles. The van der Waals surface area contributed by atoms with E-state index in [4.69, 9.17) is 9.47 Å². The molecular weight excluding hydrogens is 368 g/mol. The number of pyridine rings is 1. The molecule has 0 aliphatic carbocycles. The number of fused-ring (bicyclic) bond motifs is 1. The zero-order valence-corrected chi connectivity index (χ0v) is 16.1. The van der Waals surface area contributed by atoms with Gasteiger partial charge in [-0.05, 0) is 30.7 Å². The molecule has 0 atom stereocenters. The molecule has 4 aromatic rings. The number of amides is 1. The topological polar surface area (TPSA) is 89.1 Å². The Morgan fingerprint density at radius 1 is 1.14 bits per heavy atom. The van der Waals surface area contributed by atoms with E-state index in [0.29, 0.717) is 40.5 Å².